The molecule has 0 saturated carbocycles. The highest BCUT2D eigenvalue weighted by Crippen LogP contribution is 2.18. The van der Waals surface area contributed by atoms with Gasteiger partial charge < -0.3 is 10.2 Å². The number of benzene rings is 1. The van der Waals surface area contributed by atoms with E-state index in [4.69, 9.17) is 5.11 Å². The largest absolute Gasteiger partial charge is 0.390 e. The highest BCUT2D eigenvalue weighted by Gasteiger charge is 2.14. The van der Waals surface area contributed by atoms with Crippen LogP contribution in [0.15, 0.2) is 29.2 Å². The van der Waals surface area contributed by atoms with Gasteiger partial charge in [-0.05, 0) is 24.6 Å². The molecular weight excluding hydrogens is 216 g/mol. The predicted molar refractivity (Wildman–Crippen MR) is 56.2 cm³/mol. The van der Waals surface area contributed by atoms with Gasteiger partial charge in [0.25, 0.3) is 0 Å². The Balaban J connectivity index is 3.01. The van der Waals surface area contributed by atoms with E-state index in [0.29, 0.717) is 5.56 Å². The second kappa shape index (κ2) is 4.30. The molecule has 2 atom stereocenters. The van der Waals surface area contributed by atoms with Crippen molar-refractivity contribution in [3.8, 4) is 0 Å². The normalized spacial score (nSPS) is 16.0. The van der Waals surface area contributed by atoms with Crippen LogP contribution in [0.3, 0.4) is 0 Å². The van der Waals surface area contributed by atoms with Gasteiger partial charge in [-0.1, -0.05) is 12.1 Å². The van der Waals surface area contributed by atoms with Gasteiger partial charge in [-0.3, -0.25) is 0 Å². The van der Waals surface area contributed by atoms with Crippen LogP contribution >= 0.6 is 0 Å². The second-order valence-electron chi connectivity index (χ2n) is 3.53. The van der Waals surface area contributed by atoms with Gasteiger partial charge >= 0.3 is 0 Å². The molecule has 0 aliphatic rings. The van der Waals surface area contributed by atoms with E-state index in [9.17, 15) is 13.5 Å². The lowest BCUT2D eigenvalue weighted by Gasteiger charge is -2.13. The van der Waals surface area contributed by atoms with E-state index in [2.05, 4.69) is 0 Å². The Morgan fingerprint density at radius 3 is 1.93 bits per heavy atom. The summed E-state index contributed by atoms with van der Waals surface area (Å²) in [5.74, 6) is 0. The van der Waals surface area contributed by atoms with Crippen LogP contribution in [0.2, 0.25) is 0 Å². The van der Waals surface area contributed by atoms with Crippen LogP contribution in [0.5, 0.6) is 0 Å². The lowest BCUT2D eigenvalue weighted by atomic mass is 10.1. The Morgan fingerprint density at radius 1 is 1.13 bits per heavy atom. The highest BCUT2D eigenvalue weighted by molar-refractivity contribution is 7.90. The molecule has 1 aromatic rings. The van der Waals surface area contributed by atoms with Crippen molar-refractivity contribution in [1.29, 1.82) is 0 Å². The Labute approximate surface area is 89.1 Å². The fourth-order valence-corrected chi connectivity index (χ4v) is 1.82. The first-order chi connectivity index (χ1) is 6.82. The Kier molecular flexibility index (Phi) is 3.49. The van der Waals surface area contributed by atoms with Crippen molar-refractivity contribution in [2.45, 2.75) is 24.0 Å². The monoisotopic (exact) mass is 230 g/mol. The third-order valence-corrected chi connectivity index (χ3v) is 3.24. The van der Waals surface area contributed by atoms with Crippen LogP contribution in [-0.2, 0) is 9.84 Å². The van der Waals surface area contributed by atoms with Gasteiger partial charge in [0.1, 0.15) is 6.10 Å². The zero-order valence-electron chi connectivity index (χ0n) is 8.58. The maximum Gasteiger partial charge on any atom is 0.175 e. The average molecular weight is 230 g/mol. The van der Waals surface area contributed by atoms with Gasteiger partial charge in [0.2, 0.25) is 0 Å². The first-order valence-electron chi connectivity index (χ1n) is 4.48. The molecule has 0 spiro atoms. The molecule has 2 unspecified atom stereocenters. The molecule has 0 aliphatic carbocycles. The van der Waals surface area contributed by atoms with Crippen molar-refractivity contribution in [2.75, 3.05) is 6.26 Å². The van der Waals surface area contributed by atoms with Gasteiger partial charge in [-0.25, -0.2) is 8.42 Å². The summed E-state index contributed by atoms with van der Waals surface area (Å²) in [5, 5.41) is 18.6. The fourth-order valence-electron chi connectivity index (χ4n) is 1.19. The molecule has 0 saturated heterocycles. The minimum Gasteiger partial charge on any atom is -0.390 e. The first kappa shape index (κ1) is 12.2. The van der Waals surface area contributed by atoms with Crippen molar-refractivity contribution in [3.63, 3.8) is 0 Å². The van der Waals surface area contributed by atoms with E-state index in [-0.39, 0.29) is 4.90 Å². The van der Waals surface area contributed by atoms with Gasteiger partial charge in [0.05, 0.1) is 11.0 Å². The summed E-state index contributed by atoms with van der Waals surface area (Å²) in [4.78, 5) is 0.198. The molecule has 1 rings (SSSR count). The molecule has 0 bridgehead atoms. The number of sulfone groups is 1. The third kappa shape index (κ3) is 3.02. The van der Waals surface area contributed by atoms with E-state index >= 15 is 0 Å². The average Bonchev–Trinajstić information content (AvgIpc) is 2.15. The summed E-state index contributed by atoms with van der Waals surface area (Å²) in [6, 6.07) is 5.81. The zero-order chi connectivity index (χ0) is 11.6. The highest BCUT2D eigenvalue weighted by atomic mass is 32.2. The van der Waals surface area contributed by atoms with Crippen molar-refractivity contribution < 1.29 is 18.6 Å². The van der Waals surface area contributed by atoms with Crippen LogP contribution < -0.4 is 0 Å². The Bertz CT molecular complexity index is 419. The summed E-state index contributed by atoms with van der Waals surface area (Å²) in [6.45, 7) is 1.47. The van der Waals surface area contributed by atoms with E-state index in [1.54, 1.807) is 0 Å². The lowest BCUT2D eigenvalue weighted by molar-refractivity contribution is 0.0305. The van der Waals surface area contributed by atoms with Gasteiger partial charge in [-0.15, -0.1) is 0 Å². The predicted octanol–water partition coefficient (Wildman–Crippen LogP) is 0.504. The van der Waals surface area contributed by atoms with Gasteiger partial charge in [0.15, 0.2) is 9.84 Å². The summed E-state index contributed by atoms with van der Waals surface area (Å²) in [7, 11) is -3.21. The molecule has 0 aliphatic heterocycles. The molecule has 0 aromatic heterocycles. The van der Waals surface area contributed by atoms with Crippen molar-refractivity contribution in [3.05, 3.63) is 29.8 Å². The third-order valence-electron chi connectivity index (χ3n) is 2.11. The second-order valence-corrected chi connectivity index (χ2v) is 5.54. The molecular formula is C10H14O4S. The molecule has 0 amide bonds. The topological polar surface area (TPSA) is 74.6 Å². The molecule has 1 aromatic carbocycles. The lowest BCUT2D eigenvalue weighted by Crippen LogP contribution is -2.13. The number of hydrogen-bond acceptors (Lipinski definition) is 4. The van der Waals surface area contributed by atoms with Crippen molar-refractivity contribution >= 4 is 9.84 Å². The molecule has 2 N–H and O–H groups in total. The SMILES string of the molecule is CC(O)C(O)c1ccc(S(C)(=O)=O)cc1. The van der Waals surface area contributed by atoms with Crippen LogP contribution in [0, 0.1) is 0 Å². The molecule has 5 heteroatoms. The van der Waals surface area contributed by atoms with E-state index in [1.807, 2.05) is 0 Å². The number of aliphatic hydroxyl groups excluding tert-OH is 2. The molecule has 15 heavy (non-hydrogen) atoms. The minimum absolute atomic E-state index is 0.198. The zero-order valence-corrected chi connectivity index (χ0v) is 9.40. The number of aliphatic hydroxyl groups is 2. The number of rotatable bonds is 3. The molecule has 0 heterocycles. The quantitative estimate of drug-likeness (QED) is 0.793. The van der Waals surface area contributed by atoms with Gasteiger partial charge in [0, 0.05) is 6.26 Å². The van der Waals surface area contributed by atoms with Crippen molar-refractivity contribution in [2.24, 2.45) is 0 Å². The molecule has 4 nitrogen and oxygen atoms in total. The number of hydrogen-bond donors (Lipinski definition) is 2. The Morgan fingerprint density at radius 2 is 1.60 bits per heavy atom. The summed E-state index contributed by atoms with van der Waals surface area (Å²) in [5.41, 5.74) is 0.498. The molecule has 0 fully saturated rings. The van der Waals surface area contributed by atoms with Gasteiger partial charge in [-0.2, -0.15) is 0 Å². The van der Waals surface area contributed by atoms with E-state index in [0.717, 1.165) is 6.26 Å². The molecule has 84 valence electrons. The minimum atomic E-state index is -3.21. The van der Waals surface area contributed by atoms with E-state index < -0.39 is 22.0 Å². The molecule has 0 radical (unpaired) electrons. The fraction of sp³-hybridized carbons (Fsp3) is 0.400. The summed E-state index contributed by atoms with van der Waals surface area (Å²) < 4.78 is 22.3. The Hall–Kier alpha value is -0.910. The van der Waals surface area contributed by atoms with Crippen molar-refractivity contribution in [1.82, 2.24) is 0 Å². The standard InChI is InChI=1S/C10H14O4S/c1-7(11)10(12)8-3-5-9(6-4-8)15(2,13)14/h3-7,10-12H,1-2H3. The maximum atomic E-state index is 11.1. The van der Waals surface area contributed by atoms with Crippen LogP contribution in [0.25, 0.3) is 0 Å². The van der Waals surface area contributed by atoms with Crippen LogP contribution in [-0.4, -0.2) is 31.0 Å². The summed E-state index contributed by atoms with van der Waals surface area (Å²) in [6.07, 6.45) is -0.750. The van der Waals surface area contributed by atoms with Crippen LogP contribution in [0.1, 0.15) is 18.6 Å². The maximum absolute atomic E-state index is 11.1. The van der Waals surface area contributed by atoms with Crippen LogP contribution in [0.4, 0.5) is 0 Å². The van der Waals surface area contributed by atoms with E-state index in [1.165, 1.54) is 31.2 Å². The summed E-state index contributed by atoms with van der Waals surface area (Å²) >= 11 is 0. The first-order valence-corrected chi connectivity index (χ1v) is 6.37. The smallest absolute Gasteiger partial charge is 0.175 e.